The van der Waals surface area contributed by atoms with Gasteiger partial charge in [0.1, 0.15) is 11.3 Å². The third-order valence-corrected chi connectivity index (χ3v) is 5.19. The molecule has 0 aliphatic carbocycles. The van der Waals surface area contributed by atoms with Gasteiger partial charge < -0.3 is 24.6 Å². The van der Waals surface area contributed by atoms with Crippen molar-refractivity contribution in [2.75, 3.05) is 33.8 Å². The number of likely N-dealkylation sites (N-methyl/N-ethyl adjacent to an activating group) is 1. The van der Waals surface area contributed by atoms with E-state index in [1.165, 1.54) is 0 Å². The molecule has 2 aliphatic heterocycles. The van der Waals surface area contributed by atoms with Crippen LogP contribution in [0.4, 0.5) is 0 Å². The van der Waals surface area contributed by atoms with Gasteiger partial charge in [-0.2, -0.15) is 0 Å². The van der Waals surface area contributed by atoms with E-state index in [9.17, 15) is 14.6 Å². The van der Waals surface area contributed by atoms with E-state index < -0.39 is 19.0 Å². The molecule has 1 atom stereocenters. The summed E-state index contributed by atoms with van der Waals surface area (Å²) in [6.07, 6.45) is 2.06. The largest absolute Gasteiger partial charge is 0.547 e. The Morgan fingerprint density at radius 3 is 3.00 bits per heavy atom. The number of amidine groups is 1. The molecule has 0 saturated heterocycles. The minimum atomic E-state index is -1.29. The molecule has 1 aromatic carbocycles. The van der Waals surface area contributed by atoms with Gasteiger partial charge >= 0.3 is 13.1 Å². The second kappa shape index (κ2) is 11.2. The zero-order chi connectivity index (χ0) is 23.1. The van der Waals surface area contributed by atoms with Crippen molar-refractivity contribution < 1.29 is 24.0 Å². The van der Waals surface area contributed by atoms with E-state index >= 15 is 0 Å². The maximum atomic E-state index is 12.6. The van der Waals surface area contributed by atoms with E-state index in [0.29, 0.717) is 31.2 Å². The van der Waals surface area contributed by atoms with Gasteiger partial charge in [0.15, 0.2) is 5.84 Å². The van der Waals surface area contributed by atoms with E-state index in [2.05, 4.69) is 21.5 Å². The lowest BCUT2D eigenvalue weighted by Crippen LogP contribution is -2.54. The third kappa shape index (κ3) is 6.12. The summed E-state index contributed by atoms with van der Waals surface area (Å²) in [4.78, 5) is 27.0. The lowest BCUT2D eigenvalue weighted by Gasteiger charge is -2.29. The van der Waals surface area contributed by atoms with Crippen LogP contribution in [0.2, 0.25) is 0 Å². The molecular weight excluding hydrogens is 415 g/mol. The molecule has 0 aromatic heterocycles. The zero-order valence-electron chi connectivity index (χ0n) is 18.8. The molecule has 0 spiro atoms. The van der Waals surface area contributed by atoms with Crippen molar-refractivity contribution in [3.63, 3.8) is 0 Å². The van der Waals surface area contributed by atoms with Gasteiger partial charge in [0, 0.05) is 6.54 Å². The Kier molecular flexibility index (Phi) is 8.31. The zero-order valence-corrected chi connectivity index (χ0v) is 18.8. The number of unbranched alkanes of at least 4 members (excludes halogenated alkanes) is 1. The molecule has 12 heteroatoms. The summed E-state index contributed by atoms with van der Waals surface area (Å²) >= 11 is 0. The van der Waals surface area contributed by atoms with Crippen LogP contribution >= 0.6 is 0 Å². The lowest BCUT2D eigenvalue weighted by molar-refractivity contribution is -0.120. The summed E-state index contributed by atoms with van der Waals surface area (Å²) in [5.74, 6) is -0.583. The first-order valence-corrected chi connectivity index (χ1v) is 10.8. The van der Waals surface area contributed by atoms with Crippen molar-refractivity contribution in [2.24, 2.45) is 5.10 Å². The highest BCUT2D eigenvalue weighted by atomic mass is 16.5. The number of carbonyl (C=O) groups excluding carboxylic acids is 2. The molecule has 0 saturated carbocycles. The molecule has 3 rings (SSSR count). The Labute approximate surface area is 188 Å². The fraction of sp³-hybridized carbons (Fsp3) is 0.550. The topological polar surface area (TPSA) is 128 Å². The minimum Gasteiger partial charge on any atom is -0.534 e. The van der Waals surface area contributed by atoms with Crippen LogP contribution in [0.3, 0.4) is 0 Å². The minimum absolute atomic E-state index is 0.0350. The summed E-state index contributed by atoms with van der Waals surface area (Å²) in [6.45, 7) is 3.77. The number of rotatable bonds is 10. The van der Waals surface area contributed by atoms with Crippen molar-refractivity contribution >= 4 is 24.8 Å². The first-order valence-electron chi connectivity index (χ1n) is 10.8. The first kappa shape index (κ1) is 23.8. The van der Waals surface area contributed by atoms with Gasteiger partial charge in [0.25, 0.3) is 0 Å². The van der Waals surface area contributed by atoms with Crippen LogP contribution in [0.25, 0.3) is 0 Å². The van der Waals surface area contributed by atoms with Gasteiger partial charge in [0.2, 0.25) is 5.91 Å². The Hall–Kier alpha value is -2.83. The summed E-state index contributed by atoms with van der Waals surface area (Å²) in [6, 6.07) is 5.16. The normalized spacial score (nSPS) is 17.4. The second-order valence-corrected chi connectivity index (χ2v) is 8.05. The van der Waals surface area contributed by atoms with E-state index in [-0.39, 0.29) is 17.9 Å². The van der Waals surface area contributed by atoms with Crippen LogP contribution in [0.15, 0.2) is 23.3 Å². The molecular formula is C20H31BN6O5. The quantitative estimate of drug-likeness (QED) is 0.217. The number of carbonyl (C=O) groups is 2. The maximum Gasteiger partial charge on any atom is 0.547 e. The molecule has 2 heterocycles. The number of para-hydroxylation sites is 1. The van der Waals surface area contributed by atoms with Crippen LogP contribution in [0.5, 0.6) is 5.75 Å². The summed E-state index contributed by atoms with van der Waals surface area (Å²) in [5.41, 5.74) is 6.54. The van der Waals surface area contributed by atoms with Gasteiger partial charge in [-0.25, -0.2) is 10.3 Å². The average Bonchev–Trinajstić information content (AvgIpc) is 3.19. The molecule has 0 fully saturated rings. The standard InChI is InChI=1S/C20H31BN6O5/c1-4-5-11-31-20(29)15-8-6-7-14-12-16(21(30)32-19(14)15)22-18(28)13-17-23-24-25-27(17)10-9-26(2)3/h6-8,16,24-25,30H,4-5,9-13H2,1-3H3,(H,22,28)/t16-/m0/s1. The second-order valence-electron chi connectivity index (χ2n) is 8.05. The number of hydrazone groups is 1. The maximum absolute atomic E-state index is 12.6. The van der Waals surface area contributed by atoms with Crippen molar-refractivity contribution in [3.8, 4) is 5.75 Å². The van der Waals surface area contributed by atoms with Crippen molar-refractivity contribution in [1.82, 2.24) is 26.3 Å². The van der Waals surface area contributed by atoms with Crippen LogP contribution in [0, 0.1) is 0 Å². The smallest absolute Gasteiger partial charge is 0.534 e. The Balaban J connectivity index is 1.59. The molecule has 0 bridgehead atoms. The molecule has 32 heavy (non-hydrogen) atoms. The number of amides is 1. The summed E-state index contributed by atoms with van der Waals surface area (Å²) < 4.78 is 10.9. The Morgan fingerprint density at radius 2 is 2.25 bits per heavy atom. The number of ether oxygens (including phenoxy) is 1. The number of hydrogen-bond acceptors (Lipinski definition) is 10. The van der Waals surface area contributed by atoms with Crippen molar-refractivity contribution in [2.45, 2.75) is 38.5 Å². The van der Waals surface area contributed by atoms with E-state index in [1.54, 1.807) is 23.2 Å². The Bertz CT molecular complexity index is 852. The van der Waals surface area contributed by atoms with E-state index in [0.717, 1.165) is 24.9 Å². The monoisotopic (exact) mass is 446 g/mol. The predicted molar refractivity (Wildman–Crippen MR) is 119 cm³/mol. The molecule has 4 N–H and O–H groups in total. The molecule has 1 amide bonds. The predicted octanol–water partition coefficient (Wildman–Crippen LogP) is -0.327. The first-order chi connectivity index (χ1) is 15.4. The Morgan fingerprint density at radius 1 is 1.44 bits per heavy atom. The SMILES string of the molecule is CCCCOC(=O)c1cccc2c1OB(O)[C@@H](NC(=O)CC1=NNNN1CCN(C)C)C2. The number of esters is 1. The lowest BCUT2D eigenvalue weighted by atomic mass is 9.72. The van der Waals surface area contributed by atoms with Crippen LogP contribution in [-0.4, -0.2) is 79.5 Å². The van der Waals surface area contributed by atoms with Crippen molar-refractivity contribution in [1.29, 1.82) is 0 Å². The summed E-state index contributed by atoms with van der Waals surface area (Å²) in [7, 11) is 2.64. The number of fused-ring (bicyclic) bond motifs is 1. The molecule has 174 valence electrons. The number of nitrogens with one attached hydrogen (secondary N) is 3. The fourth-order valence-electron chi connectivity index (χ4n) is 3.39. The number of hydrazine groups is 2. The van der Waals surface area contributed by atoms with Crippen LogP contribution < -0.4 is 21.0 Å². The van der Waals surface area contributed by atoms with E-state index in [1.807, 2.05) is 25.9 Å². The number of hydrogen-bond donors (Lipinski definition) is 4. The van der Waals surface area contributed by atoms with Crippen LogP contribution in [0.1, 0.15) is 42.1 Å². The van der Waals surface area contributed by atoms with E-state index in [4.69, 9.17) is 9.39 Å². The average molecular weight is 446 g/mol. The number of benzene rings is 1. The highest BCUT2D eigenvalue weighted by Crippen LogP contribution is 2.30. The third-order valence-electron chi connectivity index (χ3n) is 5.19. The molecule has 0 unspecified atom stereocenters. The highest BCUT2D eigenvalue weighted by molar-refractivity contribution is 6.47. The van der Waals surface area contributed by atoms with Crippen molar-refractivity contribution in [3.05, 3.63) is 29.3 Å². The summed E-state index contributed by atoms with van der Waals surface area (Å²) in [5, 5.41) is 19.2. The highest BCUT2D eigenvalue weighted by Gasteiger charge is 2.38. The van der Waals surface area contributed by atoms with Gasteiger partial charge in [-0.05, 0) is 38.6 Å². The van der Waals surface area contributed by atoms with Gasteiger partial charge in [0.05, 0.1) is 25.5 Å². The van der Waals surface area contributed by atoms with Gasteiger partial charge in [-0.1, -0.05) is 25.5 Å². The van der Waals surface area contributed by atoms with Crippen LogP contribution in [-0.2, 0) is 16.0 Å². The molecule has 1 aromatic rings. The molecule has 11 nitrogen and oxygen atoms in total. The molecule has 0 radical (unpaired) electrons. The fourth-order valence-corrected chi connectivity index (χ4v) is 3.39. The molecule has 2 aliphatic rings. The van der Waals surface area contributed by atoms with Gasteiger partial charge in [-0.3, -0.25) is 9.80 Å². The number of nitrogens with zero attached hydrogens (tertiary/aromatic N) is 3. The van der Waals surface area contributed by atoms with Gasteiger partial charge in [-0.15, -0.1) is 10.6 Å².